The van der Waals surface area contributed by atoms with E-state index in [-0.39, 0.29) is 0 Å². The Kier molecular flexibility index (Phi) is 4.31. The Bertz CT molecular complexity index is 564. The maximum atomic E-state index is 5.83. The van der Waals surface area contributed by atoms with Gasteiger partial charge in [-0.25, -0.2) is 0 Å². The van der Waals surface area contributed by atoms with Crippen molar-refractivity contribution in [3.8, 4) is 0 Å². The van der Waals surface area contributed by atoms with Gasteiger partial charge in [-0.05, 0) is 42.7 Å². The number of rotatable bonds is 4. The number of benzene rings is 1. The molecule has 1 aromatic heterocycles. The van der Waals surface area contributed by atoms with Crippen molar-refractivity contribution in [1.29, 1.82) is 0 Å². The van der Waals surface area contributed by atoms with Crippen molar-refractivity contribution in [2.75, 3.05) is 24.1 Å². The third kappa shape index (κ3) is 3.92. The first-order valence-electron chi connectivity index (χ1n) is 7.40. The predicted octanol–water partition coefficient (Wildman–Crippen LogP) is 2.14. The fourth-order valence-corrected chi connectivity index (χ4v) is 2.77. The van der Waals surface area contributed by atoms with Crippen molar-refractivity contribution in [3.63, 3.8) is 0 Å². The van der Waals surface area contributed by atoms with Gasteiger partial charge in [0.1, 0.15) is 5.82 Å². The summed E-state index contributed by atoms with van der Waals surface area (Å²) in [6.45, 7) is 3.16. The van der Waals surface area contributed by atoms with Crippen LogP contribution in [0.3, 0.4) is 0 Å². The minimum atomic E-state index is 0.485. The highest BCUT2D eigenvalue weighted by molar-refractivity contribution is 5.40. The summed E-state index contributed by atoms with van der Waals surface area (Å²) in [5.41, 5.74) is 7.96. The molecule has 0 unspecified atom stereocenters. The molecule has 110 valence electrons. The molecular formula is C16H21N5. The normalized spacial score (nSPS) is 16.8. The Hall–Kier alpha value is -2.14. The Morgan fingerprint density at radius 3 is 2.76 bits per heavy atom. The van der Waals surface area contributed by atoms with Crippen LogP contribution in [0.4, 0.5) is 11.5 Å². The van der Waals surface area contributed by atoms with Gasteiger partial charge in [0.15, 0.2) is 0 Å². The molecule has 0 amide bonds. The quantitative estimate of drug-likeness (QED) is 0.841. The third-order valence-corrected chi connectivity index (χ3v) is 3.87. The van der Waals surface area contributed by atoms with Crippen LogP contribution in [0.15, 0.2) is 42.6 Å². The van der Waals surface area contributed by atoms with E-state index in [1.807, 2.05) is 24.3 Å². The molecule has 21 heavy (non-hydrogen) atoms. The van der Waals surface area contributed by atoms with E-state index < -0.39 is 0 Å². The van der Waals surface area contributed by atoms with Gasteiger partial charge in [0.25, 0.3) is 0 Å². The smallest absolute Gasteiger partial charge is 0.148 e. The van der Waals surface area contributed by atoms with Crippen molar-refractivity contribution >= 4 is 11.5 Å². The molecule has 1 aromatic carbocycles. The molecule has 0 radical (unpaired) electrons. The Morgan fingerprint density at radius 2 is 2.05 bits per heavy atom. The Morgan fingerprint density at radius 1 is 1.19 bits per heavy atom. The molecule has 0 saturated carbocycles. The second-order valence-electron chi connectivity index (χ2n) is 5.55. The Labute approximate surface area is 125 Å². The van der Waals surface area contributed by atoms with Crippen LogP contribution < -0.4 is 11.1 Å². The Balaban J connectivity index is 1.49. The van der Waals surface area contributed by atoms with Crippen LogP contribution in [0.2, 0.25) is 0 Å². The maximum absolute atomic E-state index is 5.83. The van der Waals surface area contributed by atoms with Crippen LogP contribution in [0.5, 0.6) is 0 Å². The highest BCUT2D eigenvalue weighted by Gasteiger charge is 2.19. The first-order valence-corrected chi connectivity index (χ1v) is 7.40. The maximum Gasteiger partial charge on any atom is 0.148 e. The van der Waals surface area contributed by atoms with Gasteiger partial charge in [0.2, 0.25) is 0 Å². The molecule has 0 atom stereocenters. The molecule has 0 bridgehead atoms. The second-order valence-corrected chi connectivity index (χ2v) is 5.55. The molecule has 1 fully saturated rings. The second kappa shape index (κ2) is 6.54. The SMILES string of the molecule is Nc1cccc(CN2CCC(Nc3cccnn3)CC2)c1. The molecule has 0 spiro atoms. The number of aromatic nitrogens is 2. The minimum absolute atomic E-state index is 0.485. The highest BCUT2D eigenvalue weighted by atomic mass is 15.2. The number of anilines is 2. The van der Waals surface area contributed by atoms with E-state index in [9.17, 15) is 0 Å². The van der Waals surface area contributed by atoms with Gasteiger partial charge in [-0.3, -0.25) is 4.90 Å². The lowest BCUT2D eigenvalue weighted by Gasteiger charge is -2.32. The fourth-order valence-electron chi connectivity index (χ4n) is 2.77. The lowest BCUT2D eigenvalue weighted by atomic mass is 10.0. The molecular weight excluding hydrogens is 262 g/mol. The van der Waals surface area contributed by atoms with Crippen LogP contribution in [-0.4, -0.2) is 34.2 Å². The molecule has 5 heteroatoms. The van der Waals surface area contributed by atoms with Crippen molar-refractivity contribution < 1.29 is 0 Å². The summed E-state index contributed by atoms with van der Waals surface area (Å²) in [7, 11) is 0. The van der Waals surface area contributed by atoms with Crippen LogP contribution >= 0.6 is 0 Å². The van der Waals surface area contributed by atoms with Gasteiger partial charge in [-0.1, -0.05) is 12.1 Å². The van der Waals surface area contributed by atoms with Gasteiger partial charge in [0.05, 0.1) is 0 Å². The number of piperidine rings is 1. The zero-order valence-electron chi connectivity index (χ0n) is 12.1. The number of hydrogen-bond acceptors (Lipinski definition) is 5. The molecule has 2 heterocycles. The number of likely N-dealkylation sites (tertiary alicyclic amines) is 1. The van der Waals surface area contributed by atoms with E-state index in [0.717, 1.165) is 44.0 Å². The summed E-state index contributed by atoms with van der Waals surface area (Å²) in [6.07, 6.45) is 3.94. The number of hydrogen-bond donors (Lipinski definition) is 2. The van der Waals surface area contributed by atoms with E-state index in [4.69, 9.17) is 5.73 Å². The van der Waals surface area contributed by atoms with Gasteiger partial charge in [-0.2, -0.15) is 5.10 Å². The monoisotopic (exact) mass is 283 g/mol. The van der Waals surface area contributed by atoms with Crippen molar-refractivity contribution in [3.05, 3.63) is 48.2 Å². The van der Waals surface area contributed by atoms with Crippen molar-refractivity contribution in [2.24, 2.45) is 0 Å². The van der Waals surface area contributed by atoms with E-state index in [1.165, 1.54) is 5.56 Å². The molecule has 3 rings (SSSR count). The number of nitrogens with one attached hydrogen (secondary N) is 1. The van der Waals surface area contributed by atoms with E-state index in [2.05, 4.69) is 32.5 Å². The van der Waals surface area contributed by atoms with Gasteiger partial charge >= 0.3 is 0 Å². The largest absolute Gasteiger partial charge is 0.399 e. The van der Waals surface area contributed by atoms with Crippen LogP contribution in [0.25, 0.3) is 0 Å². The lowest BCUT2D eigenvalue weighted by molar-refractivity contribution is 0.211. The predicted molar refractivity (Wildman–Crippen MR) is 84.8 cm³/mol. The summed E-state index contributed by atoms with van der Waals surface area (Å²) >= 11 is 0. The average molecular weight is 283 g/mol. The van der Waals surface area contributed by atoms with Crippen LogP contribution in [-0.2, 0) is 6.54 Å². The minimum Gasteiger partial charge on any atom is -0.399 e. The van der Waals surface area contributed by atoms with Gasteiger partial charge < -0.3 is 11.1 Å². The van der Waals surface area contributed by atoms with Crippen LogP contribution in [0.1, 0.15) is 18.4 Å². The topological polar surface area (TPSA) is 67.1 Å². The van der Waals surface area contributed by atoms with Crippen molar-refractivity contribution in [2.45, 2.75) is 25.4 Å². The summed E-state index contributed by atoms with van der Waals surface area (Å²) in [4.78, 5) is 2.48. The summed E-state index contributed by atoms with van der Waals surface area (Å²) < 4.78 is 0. The van der Waals surface area contributed by atoms with E-state index in [1.54, 1.807) is 6.20 Å². The third-order valence-electron chi connectivity index (χ3n) is 3.87. The average Bonchev–Trinajstić information content (AvgIpc) is 2.50. The number of nitrogen functional groups attached to an aromatic ring is 1. The van der Waals surface area contributed by atoms with E-state index >= 15 is 0 Å². The molecule has 5 nitrogen and oxygen atoms in total. The zero-order valence-corrected chi connectivity index (χ0v) is 12.1. The molecule has 3 N–H and O–H groups in total. The molecule has 1 saturated heterocycles. The first-order chi connectivity index (χ1) is 10.3. The standard InChI is InChI=1S/C16H21N5/c17-14-4-1-3-13(11-14)12-21-9-6-15(7-10-21)19-16-5-2-8-18-20-16/h1-5,8,11,15H,6-7,9-10,12,17H2,(H,19,20). The number of nitrogens with two attached hydrogens (primary N) is 1. The first kappa shape index (κ1) is 13.8. The molecule has 2 aromatic rings. The van der Waals surface area contributed by atoms with Crippen molar-refractivity contribution in [1.82, 2.24) is 15.1 Å². The highest BCUT2D eigenvalue weighted by Crippen LogP contribution is 2.17. The van der Waals surface area contributed by atoms with Crippen LogP contribution in [0, 0.1) is 0 Å². The molecule has 1 aliphatic rings. The fraction of sp³-hybridized carbons (Fsp3) is 0.375. The zero-order chi connectivity index (χ0) is 14.5. The molecule has 0 aliphatic carbocycles. The van der Waals surface area contributed by atoms with E-state index in [0.29, 0.717) is 6.04 Å². The lowest BCUT2D eigenvalue weighted by Crippen LogP contribution is -2.38. The number of nitrogens with zero attached hydrogens (tertiary/aromatic N) is 3. The van der Waals surface area contributed by atoms with Gasteiger partial charge in [0, 0.05) is 37.6 Å². The van der Waals surface area contributed by atoms with Gasteiger partial charge in [-0.15, -0.1) is 5.10 Å². The summed E-state index contributed by atoms with van der Waals surface area (Å²) in [6, 6.07) is 12.5. The summed E-state index contributed by atoms with van der Waals surface area (Å²) in [5.74, 6) is 0.867. The molecule has 1 aliphatic heterocycles. The summed E-state index contributed by atoms with van der Waals surface area (Å²) in [5, 5.41) is 11.4.